The maximum atomic E-state index is 12.3. The highest BCUT2D eigenvalue weighted by Gasteiger charge is 2.57. The fourth-order valence-electron chi connectivity index (χ4n) is 7.38. The number of hydrogen-bond donors (Lipinski definition) is 1. The lowest BCUT2D eigenvalue weighted by atomic mass is 9.47. The Morgan fingerprint density at radius 1 is 1.10 bits per heavy atom. The summed E-state index contributed by atoms with van der Waals surface area (Å²) in [6.45, 7) is 4.85. The van der Waals surface area contributed by atoms with Crippen molar-refractivity contribution in [1.29, 1.82) is 0 Å². The van der Waals surface area contributed by atoms with Gasteiger partial charge in [0.05, 0.1) is 12.0 Å². The number of nitrogens with zero attached hydrogens (tertiary/aromatic N) is 1. The van der Waals surface area contributed by atoms with Crippen LogP contribution in [0.5, 0.6) is 0 Å². The number of fused-ring (bicyclic) bond motifs is 5. The summed E-state index contributed by atoms with van der Waals surface area (Å²) in [5.74, 6) is 2.05. The molecule has 0 amide bonds. The minimum Gasteiger partial charge on any atom is -0.515 e. The number of carbonyl (C=O) groups is 1. The maximum Gasteiger partial charge on any atom is 0.184 e. The highest BCUT2D eigenvalue weighted by molar-refractivity contribution is 6.05. The molecule has 3 nitrogen and oxygen atoms in total. The van der Waals surface area contributed by atoms with Gasteiger partial charge >= 0.3 is 0 Å². The van der Waals surface area contributed by atoms with Crippen molar-refractivity contribution in [2.75, 3.05) is 0 Å². The van der Waals surface area contributed by atoms with Crippen molar-refractivity contribution >= 4 is 11.9 Å². The Labute approximate surface area is 173 Å². The fourth-order valence-corrected chi connectivity index (χ4v) is 7.38. The van der Waals surface area contributed by atoms with Gasteiger partial charge < -0.3 is 5.11 Å². The number of allylic oxidation sites excluding steroid dienone is 3. The van der Waals surface area contributed by atoms with Crippen LogP contribution in [0.4, 0.5) is 0 Å². The van der Waals surface area contributed by atoms with E-state index in [1.165, 1.54) is 37.7 Å². The van der Waals surface area contributed by atoms with E-state index in [0.29, 0.717) is 29.7 Å². The molecule has 5 atom stereocenters. The van der Waals surface area contributed by atoms with Crippen molar-refractivity contribution in [3.05, 3.63) is 59.1 Å². The third kappa shape index (κ3) is 2.77. The first-order valence-corrected chi connectivity index (χ1v) is 11.2. The van der Waals surface area contributed by atoms with Crippen LogP contribution in [-0.2, 0) is 4.79 Å². The molecule has 3 saturated carbocycles. The zero-order chi connectivity index (χ0) is 20.2. The van der Waals surface area contributed by atoms with Gasteiger partial charge in [0.25, 0.3) is 0 Å². The molecule has 1 N–H and O–H groups in total. The average Bonchev–Trinajstić information content (AvgIpc) is 3.05. The van der Waals surface area contributed by atoms with Crippen molar-refractivity contribution in [3.63, 3.8) is 0 Å². The Hall–Kier alpha value is -2.16. The summed E-state index contributed by atoms with van der Waals surface area (Å²) in [5, 5.41) is 9.60. The predicted molar refractivity (Wildman–Crippen MR) is 115 cm³/mol. The molecule has 0 aliphatic heterocycles. The van der Waals surface area contributed by atoms with E-state index in [4.69, 9.17) is 0 Å². The zero-order valence-electron chi connectivity index (χ0n) is 17.5. The number of aliphatic hydroxyl groups excluding tert-OH is 1. The quantitative estimate of drug-likeness (QED) is 0.470. The van der Waals surface area contributed by atoms with Crippen LogP contribution in [-0.4, -0.2) is 15.9 Å². The van der Waals surface area contributed by atoms with Gasteiger partial charge in [-0.15, -0.1) is 0 Å². The minimum atomic E-state index is 0.0144. The number of pyridine rings is 1. The number of rotatable bonds is 1. The highest BCUT2D eigenvalue weighted by Crippen LogP contribution is 2.66. The fraction of sp³-hybridized carbons (Fsp3) is 0.538. The van der Waals surface area contributed by atoms with Gasteiger partial charge in [-0.25, -0.2) is 0 Å². The number of carbonyl (C=O) groups excluding carboxylic acids is 1. The van der Waals surface area contributed by atoms with E-state index in [0.717, 1.165) is 18.4 Å². The van der Waals surface area contributed by atoms with Crippen LogP contribution in [0.15, 0.2) is 53.5 Å². The molecule has 5 rings (SSSR count). The van der Waals surface area contributed by atoms with Crippen molar-refractivity contribution in [2.24, 2.45) is 28.6 Å². The van der Waals surface area contributed by atoms with Gasteiger partial charge in [-0.05, 0) is 97.8 Å². The summed E-state index contributed by atoms with van der Waals surface area (Å²) < 4.78 is 0. The molecule has 0 saturated heterocycles. The van der Waals surface area contributed by atoms with Gasteiger partial charge in [-0.1, -0.05) is 31.1 Å². The predicted octanol–water partition coefficient (Wildman–Crippen LogP) is 6.05. The van der Waals surface area contributed by atoms with Crippen LogP contribution in [0.2, 0.25) is 0 Å². The number of aliphatic hydroxyl groups is 1. The molecular weight excluding hydrogens is 358 g/mol. The van der Waals surface area contributed by atoms with Crippen molar-refractivity contribution in [3.8, 4) is 0 Å². The molecule has 1 aromatic heterocycles. The first kappa shape index (κ1) is 18.8. The molecule has 29 heavy (non-hydrogen) atoms. The second-order valence-electron chi connectivity index (χ2n) is 10.1. The zero-order valence-corrected chi connectivity index (χ0v) is 17.5. The molecule has 3 fully saturated rings. The first-order valence-electron chi connectivity index (χ1n) is 11.2. The molecule has 0 unspecified atom stereocenters. The van der Waals surface area contributed by atoms with Crippen molar-refractivity contribution < 1.29 is 9.90 Å². The van der Waals surface area contributed by atoms with Gasteiger partial charge in [0, 0.05) is 11.8 Å². The summed E-state index contributed by atoms with van der Waals surface area (Å²) >= 11 is 0. The molecule has 0 radical (unpaired) electrons. The number of ketones is 1. The summed E-state index contributed by atoms with van der Waals surface area (Å²) in [7, 11) is 0. The van der Waals surface area contributed by atoms with Crippen LogP contribution in [0, 0.1) is 28.6 Å². The highest BCUT2D eigenvalue weighted by atomic mass is 16.2. The van der Waals surface area contributed by atoms with E-state index in [2.05, 4.69) is 37.0 Å². The summed E-state index contributed by atoms with van der Waals surface area (Å²) in [4.78, 5) is 16.9. The lowest BCUT2D eigenvalue weighted by Crippen LogP contribution is -2.49. The minimum absolute atomic E-state index is 0.0144. The van der Waals surface area contributed by atoms with Gasteiger partial charge in [-0.2, -0.15) is 0 Å². The van der Waals surface area contributed by atoms with Crippen LogP contribution in [0.25, 0.3) is 6.08 Å². The smallest absolute Gasteiger partial charge is 0.184 e. The molecule has 4 aliphatic carbocycles. The van der Waals surface area contributed by atoms with Crippen LogP contribution in [0.3, 0.4) is 0 Å². The molecule has 0 spiro atoms. The monoisotopic (exact) mass is 389 g/mol. The first-order chi connectivity index (χ1) is 14.0. The van der Waals surface area contributed by atoms with Crippen LogP contribution >= 0.6 is 0 Å². The third-order valence-corrected chi connectivity index (χ3v) is 8.93. The van der Waals surface area contributed by atoms with Crippen molar-refractivity contribution in [1.82, 2.24) is 4.98 Å². The average molecular weight is 390 g/mol. The third-order valence-electron chi connectivity index (χ3n) is 8.93. The Morgan fingerprint density at radius 3 is 2.69 bits per heavy atom. The van der Waals surface area contributed by atoms with E-state index in [1.54, 1.807) is 5.57 Å². The molecule has 1 aromatic rings. The number of hydrogen-bond acceptors (Lipinski definition) is 3. The summed E-state index contributed by atoms with van der Waals surface area (Å²) in [6.07, 6.45) is 14.9. The maximum absolute atomic E-state index is 12.3. The van der Waals surface area contributed by atoms with Gasteiger partial charge in [0.15, 0.2) is 5.78 Å². The standard InChI is InChI=1S/C26H31NO2/c1-25-11-10-23-21(8-6-19-14-24(29)17(16-28)15-26(19,23)2)22(25)9-7-18(25)13-20-5-3-4-12-27-20/h3-5,12-14,16,21-23,28H,6-11,15H2,1-2H3/b17-16-,18-13+/t21-,22-,23-,25+,26-/m0/s1. The lowest BCUT2D eigenvalue weighted by Gasteiger charge is -2.57. The molecule has 152 valence electrons. The van der Waals surface area contributed by atoms with E-state index < -0.39 is 0 Å². The number of aromatic nitrogens is 1. The van der Waals surface area contributed by atoms with Crippen LogP contribution < -0.4 is 0 Å². The van der Waals surface area contributed by atoms with E-state index in [1.807, 2.05) is 18.3 Å². The Bertz CT molecular complexity index is 927. The topological polar surface area (TPSA) is 50.2 Å². The second kappa shape index (κ2) is 6.68. The molecule has 3 heteroatoms. The van der Waals surface area contributed by atoms with Crippen LogP contribution in [0.1, 0.15) is 64.5 Å². The molecule has 4 aliphatic rings. The van der Waals surface area contributed by atoms with E-state index >= 15 is 0 Å². The molecular formula is C26H31NO2. The second-order valence-corrected chi connectivity index (χ2v) is 10.1. The SMILES string of the molecule is C[C@]12C/C(=C/O)C(=O)C=C1CC[C@@H]1[C@@H]2CC[C@]2(C)/C(=C/c3ccccn3)CC[C@@H]12. The largest absolute Gasteiger partial charge is 0.515 e. The molecule has 0 aromatic carbocycles. The van der Waals surface area contributed by atoms with Gasteiger partial charge in [-0.3, -0.25) is 9.78 Å². The molecule has 1 heterocycles. The van der Waals surface area contributed by atoms with E-state index in [-0.39, 0.29) is 16.6 Å². The van der Waals surface area contributed by atoms with Gasteiger partial charge in [0.1, 0.15) is 0 Å². The Balaban J connectivity index is 1.47. The normalized spacial score (nSPS) is 41.7. The summed E-state index contributed by atoms with van der Waals surface area (Å²) in [6, 6.07) is 6.15. The van der Waals surface area contributed by atoms with Crippen molar-refractivity contribution in [2.45, 2.75) is 58.8 Å². The Morgan fingerprint density at radius 2 is 1.93 bits per heavy atom. The Kier molecular flexibility index (Phi) is 4.34. The lowest BCUT2D eigenvalue weighted by molar-refractivity contribution is -0.113. The summed E-state index contributed by atoms with van der Waals surface area (Å²) in [5.41, 5.74) is 4.89. The molecule has 0 bridgehead atoms. The van der Waals surface area contributed by atoms with Gasteiger partial charge in [0.2, 0.25) is 0 Å². The van der Waals surface area contributed by atoms with E-state index in [9.17, 15) is 9.90 Å².